The van der Waals surface area contributed by atoms with Crippen molar-refractivity contribution in [3.8, 4) is 0 Å². The molecule has 0 aromatic heterocycles. The maximum absolute atomic E-state index is 12.3. The molecular formula is C16H33F3IN5. The molecule has 9 heteroatoms. The van der Waals surface area contributed by atoms with Crippen LogP contribution in [0.15, 0.2) is 4.99 Å². The van der Waals surface area contributed by atoms with Crippen LogP contribution in [0.5, 0.6) is 0 Å². The summed E-state index contributed by atoms with van der Waals surface area (Å²) in [7, 11) is 1.47. The molecule has 0 amide bonds. The summed E-state index contributed by atoms with van der Waals surface area (Å²) in [5.41, 5.74) is 0. The molecule has 0 spiro atoms. The summed E-state index contributed by atoms with van der Waals surface area (Å²) in [5, 5.41) is 3.26. The summed E-state index contributed by atoms with van der Waals surface area (Å²) in [6.45, 7) is 10.8. The summed E-state index contributed by atoms with van der Waals surface area (Å²) >= 11 is 0. The Hall–Kier alpha value is -0.290. The summed E-state index contributed by atoms with van der Waals surface area (Å²) in [6, 6.07) is 0.525. The van der Waals surface area contributed by atoms with Crippen molar-refractivity contribution >= 4 is 29.9 Å². The van der Waals surface area contributed by atoms with Gasteiger partial charge < -0.3 is 10.2 Å². The molecule has 0 radical (unpaired) electrons. The summed E-state index contributed by atoms with van der Waals surface area (Å²) in [6.07, 6.45) is -3.06. The summed E-state index contributed by atoms with van der Waals surface area (Å²) in [5.74, 6) is 0.813. The Morgan fingerprint density at radius 3 is 2.40 bits per heavy atom. The van der Waals surface area contributed by atoms with Gasteiger partial charge in [-0.3, -0.25) is 14.8 Å². The fraction of sp³-hybridized carbons (Fsp3) is 0.938. The molecule has 1 unspecified atom stereocenters. The Morgan fingerprint density at radius 2 is 1.88 bits per heavy atom. The van der Waals surface area contributed by atoms with E-state index in [9.17, 15) is 13.2 Å². The SMILES string of the molecule is CCNC(=NCCN(C)CC(F)(F)F)N1CCC(N(CC)CC)C1.I. The van der Waals surface area contributed by atoms with Gasteiger partial charge in [0.15, 0.2) is 5.96 Å². The Balaban J connectivity index is 0.00000576. The number of nitrogens with one attached hydrogen (secondary N) is 1. The third kappa shape index (κ3) is 9.28. The average molecular weight is 479 g/mol. The molecule has 1 heterocycles. The first kappa shape index (κ1) is 24.7. The predicted molar refractivity (Wildman–Crippen MR) is 108 cm³/mol. The first-order valence-electron chi connectivity index (χ1n) is 8.83. The van der Waals surface area contributed by atoms with Crippen LogP contribution in [0.2, 0.25) is 0 Å². The molecule has 0 aliphatic carbocycles. The molecule has 0 aromatic carbocycles. The highest BCUT2D eigenvalue weighted by Gasteiger charge is 2.29. The van der Waals surface area contributed by atoms with E-state index in [1.54, 1.807) is 0 Å². The maximum Gasteiger partial charge on any atom is 0.401 e. The highest BCUT2D eigenvalue weighted by molar-refractivity contribution is 14.0. The molecule has 0 aromatic rings. The van der Waals surface area contributed by atoms with Gasteiger partial charge in [0.05, 0.1) is 13.1 Å². The molecule has 1 saturated heterocycles. The molecule has 1 atom stereocenters. The Bertz CT molecular complexity index is 388. The topological polar surface area (TPSA) is 34.1 Å². The lowest BCUT2D eigenvalue weighted by Crippen LogP contribution is -2.43. The smallest absolute Gasteiger partial charge is 0.357 e. The van der Waals surface area contributed by atoms with Gasteiger partial charge in [-0.2, -0.15) is 13.2 Å². The van der Waals surface area contributed by atoms with Crippen LogP contribution in [0.25, 0.3) is 0 Å². The van der Waals surface area contributed by atoms with Crippen LogP contribution in [-0.4, -0.2) is 92.3 Å². The molecule has 5 nitrogen and oxygen atoms in total. The largest absolute Gasteiger partial charge is 0.401 e. The van der Waals surface area contributed by atoms with E-state index in [1.165, 1.54) is 11.9 Å². The van der Waals surface area contributed by atoms with Crippen molar-refractivity contribution in [2.24, 2.45) is 4.99 Å². The van der Waals surface area contributed by atoms with E-state index in [2.05, 4.69) is 34.0 Å². The third-order valence-electron chi connectivity index (χ3n) is 4.32. The van der Waals surface area contributed by atoms with E-state index in [4.69, 9.17) is 0 Å². The molecule has 25 heavy (non-hydrogen) atoms. The van der Waals surface area contributed by atoms with Gasteiger partial charge in [0.25, 0.3) is 0 Å². The Labute approximate surface area is 167 Å². The van der Waals surface area contributed by atoms with E-state index >= 15 is 0 Å². The molecule has 1 aliphatic rings. The first-order chi connectivity index (χ1) is 11.3. The number of hydrogen-bond donors (Lipinski definition) is 1. The fourth-order valence-corrected chi connectivity index (χ4v) is 3.11. The number of guanidine groups is 1. The van der Waals surface area contributed by atoms with E-state index in [0.29, 0.717) is 19.1 Å². The normalized spacial score (nSPS) is 18.8. The molecular weight excluding hydrogens is 446 g/mol. The summed E-state index contributed by atoms with van der Waals surface area (Å²) < 4.78 is 37.0. The van der Waals surface area contributed by atoms with E-state index in [-0.39, 0.29) is 24.0 Å². The van der Waals surface area contributed by atoms with Gasteiger partial charge in [0.1, 0.15) is 0 Å². The van der Waals surface area contributed by atoms with Gasteiger partial charge in [-0.05, 0) is 33.5 Å². The summed E-state index contributed by atoms with van der Waals surface area (Å²) in [4.78, 5) is 10.4. The highest BCUT2D eigenvalue weighted by Crippen LogP contribution is 2.16. The zero-order valence-electron chi connectivity index (χ0n) is 15.8. The van der Waals surface area contributed by atoms with Crippen LogP contribution in [0, 0.1) is 0 Å². The van der Waals surface area contributed by atoms with Crippen LogP contribution in [0.1, 0.15) is 27.2 Å². The van der Waals surface area contributed by atoms with E-state index < -0.39 is 12.7 Å². The number of likely N-dealkylation sites (N-methyl/N-ethyl adjacent to an activating group) is 2. The van der Waals surface area contributed by atoms with Crippen molar-refractivity contribution in [1.82, 2.24) is 20.0 Å². The number of aliphatic imine (C=N–C) groups is 1. The zero-order valence-corrected chi connectivity index (χ0v) is 18.1. The minimum Gasteiger partial charge on any atom is -0.357 e. The second kappa shape index (κ2) is 12.2. The fourth-order valence-electron chi connectivity index (χ4n) is 3.11. The number of likely N-dealkylation sites (tertiary alicyclic amines) is 1. The molecule has 1 aliphatic heterocycles. The van der Waals surface area contributed by atoms with Crippen molar-refractivity contribution < 1.29 is 13.2 Å². The van der Waals surface area contributed by atoms with Crippen LogP contribution in [0.3, 0.4) is 0 Å². The first-order valence-corrected chi connectivity index (χ1v) is 8.83. The second-order valence-corrected chi connectivity index (χ2v) is 6.20. The average Bonchev–Trinajstić information content (AvgIpc) is 2.95. The van der Waals surface area contributed by atoms with Crippen LogP contribution in [-0.2, 0) is 0 Å². The number of nitrogens with zero attached hydrogens (tertiary/aromatic N) is 4. The van der Waals surface area contributed by atoms with Crippen molar-refractivity contribution in [1.29, 1.82) is 0 Å². The Morgan fingerprint density at radius 1 is 1.24 bits per heavy atom. The molecule has 1 fully saturated rings. The number of alkyl halides is 3. The molecule has 1 N–H and O–H groups in total. The van der Waals surface area contributed by atoms with E-state index in [0.717, 1.165) is 45.1 Å². The number of rotatable bonds is 8. The van der Waals surface area contributed by atoms with Gasteiger partial charge in [-0.25, -0.2) is 0 Å². The lowest BCUT2D eigenvalue weighted by atomic mass is 10.2. The van der Waals surface area contributed by atoms with Crippen LogP contribution in [0.4, 0.5) is 13.2 Å². The molecule has 1 rings (SSSR count). The molecule has 0 saturated carbocycles. The quantitative estimate of drug-likeness (QED) is 0.330. The van der Waals surface area contributed by atoms with Gasteiger partial charge in [-0.15, -0.1) is 24.0 Å². The van der Waals surface area contributed by atoms with Crippen LogP contribution >= 0.6 is 24.0 Å². The second-order valence-electron chi connectivity index (χ2n) is 6.20. The number of hydrogen-bond acceptors (Lipinski definition) is 3. The van der Waals surface area contributed by atoms with Gasteiger partial charge >= 0.3 is 6.18 Å². The zero-order chi connectivity index (χ0) is 18.2. The van der Waals surface area contributed by atoms with Crippen molar-refractivity contribution in [2.75, 3.05) is 59.4 Å². The van der Waals surface area contributed by atoms with E-state index in [1.807, 2.05) is 6.92 Å². The van der Waals surface area contributed by atoms with Gasteiger partial charge in [-0.1, -0.05) is 13.8 Å². The van der Waals surface area contributed by atoms with Crippen LogP contribution < -0.4 is 5.32 Å². The Kier molecular flexibility index (Phi) is 12.0. The molecule has 150 valence electrons. The van der Waals surface area contributed by atoms with Gasteiger partial charge in [0.2, 0.25) is 0 Å². The lowest BCUT2D eigenvalue weighted by Gasteiger charge is -2.27. The number of halogens is 4. The minimum atomic E-state index is -4.16. The maximum atomic E-state index is 12.3. The van der Waals surface area contributed by atoms with Crippen molar-refractivity contribution in [3.05, 3.63) is 0 Å². The van der Waals surface area contributed by atoms with Crippen molar-refractivity contribution in [2.45, 2.75) is 39.4 Å². The minimum absolute atomic E-state index is 0. The molecule has 0 bridgehead atoms. The monoisotopic (exact) mass is 479 g/mol. The third-order valence-corrected chi connectivity index (χ3v) is 4.32. The predicted octanol–water partition coefficient (Wildman–Crippen LogP) is 2.48. The van der Waals surface area contributed by atoms with Crippen molar-refractivity contribution in [3.63, 3.8) is 0 Å². The lowest BCUT2D eigenvalue weighted by molar-refractivity contribution is -0.142. The van der Waals surface area contributed by atoms with Gasteiger partial charge in [0, 0.05) is 32.2 Å². The highest BCUT2D eigenvalue weighted by atomic mass is 127. The standard InChI is InChI=1S/C16H32F3N5.HI/c1-5-20-15(21-9-11-22(4)13-16(17,18)19)24-10-8-14(12-24)23(6-2)7-3;/h14H,5-13H2,1-4H3,(H,20,21);1H.